The van der Waals surface area contributed by atoms with Crippen molar-refractivity contribution in [3.05, 3.63) is 11.6 Å². The second-order valence-electron chi connectivity index (χ2n) is 10.5. The lowest BCUT2D eigenvalue weighted by Gasteiger charge is -2.58. The first-order valence-corrected chi connectivity index (χ1v) is 11.1. The molecule has 140 valence electrons. The van der Waals surface area contributed by atoms with E-state index in [4.69, 9.17) is 0 Å². The van der Waals surface area contributed by atoms with Crippen LogP contribution in [0.4, 0.5) is 0 Å². The lowest BCUT2D eigenvalue weighted by atomic mass is 9.48. The molecule has 1 N–H and O–H groups in total. The highest BCUT2D eigenvalue weighted by atomic mass is 16.3. The lowest BCUT2D eigenvalue weighted by Crippen LogP contribution is -2.53. The molecule has 7 atom stereocenters. The van der Waals surface area contributed by atoms with E-state index in [9.17, 15) is 5.11 Å². The van der Waals surface area contributed by atoms with Gasteiger partial charge in [0, 0.05) is 6.04 Å². The molecule has 2 nitrogen and oxygen atoms in total. The van der Waals surface area contributed by atoms with Crippen LogP contribution in [0.5, 0.6) is 0 Å². The van der Waals surface area contributed by atoms with Gasteiger partial charge in [0.15, 0.2) is 0 Å². The van der Waals surface area contributed by atoms with Gasteiger partial charge in [-0.1, -0.05) is 25.5 Å². The molecular weight excluding hydrogens is 306 g/mol. The van der Waals surface area contributed by atoms with Gasteiger partial charge in [0.1, 0.15) is 0 Å². The van der Waals surface area contributed by atoms with Gasteiger partial charge in [-0.15, -0.1) is 0 Å². The van der Waals surface area contributed by atoms with E-state index in [0.29, 0.717) is 10.8 Å². The van der Waals surface area contributed by atoms with E-state index < -0.39 is 0 Å². The first-order chi connectivity index (χ1) is 12.0. The Labute approximate surface area is 154 Å². The maximum Gasteiger partial charge on any atom is 0.0577 e. The number of hydrogen-bond acceptors (Lipinski definition) is 2. The fourth-order valence-electron chi connectivity index (χ4n) is 8.27. The molecule has 2 heteroatoms. The van der Waals surface area contributed by atoms with E-state index in [1.165, 1.54) is 64.5 Å². The number of aliphatic hydroxyl groups excluding tert-OH is 1. The zero-order chi connectivity index (χ0) is 17.2. The number of hydrogen-bond donors (Lipinski definition) is 1. The van der Waals surface area contributed by atoms with Crippen molar-refractivity contribution in [3.8, 4) is 0 Å². The third-order valence-electron chi connectivity index (χ3n) is 9.61. The standard InChI is InChI=1S/C23H37NO/c1-22-11-9-17(25)15-16(22)5-6-18-19-7-8-21(24-13-3-4-14-24)23(19,2)12-10-20(18)22/h5,17-21,25H,3-4,6-15H2,1-2H3/t17-,18+,19+,20+,21+,22+,23+/m1/s1. The van der Waals surface area contributed by atoms with Crippen LogP contribution in [0.3, 0.4) is 0 Å². The Bertz CT molecular complexity index is 564. The zero-order valence-corrected chi connectivity index (χ0v) is 16.3. The molecule has 0 bridgehead atoms. The minimum atomic E-state index is -0.0734. The van der Waals surface area contributed by atoms with E-state index in [1.54, 1.807) is 5.57 Å². The van der Waals surface area contributed by atoms with Gasteiger partial charge in [-0.25, -0.2) is 0 Å². The van der Waals surface area contributed by atoms with Crippen molar-refractivity contribution in [3.63, 3.8) is 0 Å². The molecule has 25 heavy (non-hydrogen) atoms. The molecule has 4 aliphatic carbocycles. The van der Waals surface area contributed by atoms with Gasteiger partial charge in [-0.3, -0.25) is 4.90 Å². The maximum absolute atomic E-state index is 10.2. The average Bonchev–Trinajstić information content (AvgIpc) is 3.22. The van der Waals surface area contributed by atoms with Crippen LogP contribution in [-0.4, -0.2) is 35.2 Å². The highest BCUT2D eigenvalue weighted by Crippen LogP contribution is 2.65. The molecule has 0 aromatic carbocycles. The molecule has 5 rings (SSSR count). The molecule has 4 fully saturated rings. The van der Waals surface area contributed by atoms with Crippen LogP contribution in [0.1, 0.15) is 78.1 Å². The second-order valence-corrected chi connectivity index (χ2v) is 10.5. The van der Waals surface area contributed by atoms with Crippen LogP contribution < -0.4 is 0 Å². The zero-order valence-electron chi connectivity index (χ0n) is 16.3. The molecule has 0 aromatic heterocycles. The fraction of sp³-hybridized carbons (Fsp3) is 0.913. The summed E-state index contributed by atoms with van der Waals surface area (Å²) >= 11 is 0. The summed E-state index contributed by atoms with van der Waals surface area (Å²) in [5.74, 6) is 2.74. The van der Waals surface area contributed by atoms with Crippen molar-refractivity contribution in [2.24, 2.45) is 28.6 Å². The van der Waals surface area contributed by atoms with Gasteiger partial charge < -0.3 is 5.11 Å². The molecular formula is C23H37NO. The van der Waals surface area contributed by atoms with Gasteiger partial charge in [0.25, 0.3) is 0 Å². The summed E-state index contributed by atoms with van der Waals surface area (Å²) in [5, 5.41) is 10.2. The topological polar surface area (TPSA) is 23.5 Å². The number of likely N-dealkylation sites (tertiary alicyclic amines) is 1. The molecule has 3 saturated carbocycles. The summed E-state index contributed by atoms with van der Waals surface area (Å²) in [6.07, 6.45) is 15.7. The molecule has 1 saturated heterocycles. The summed E-state index contributed by atoms with van der Waals surface area (Å²) in [6.45, 7) is 7.94. The molecule has 5 aliphatic rings. The summed E-state index contributed by atoms with van der Waals surface area (Å²) < 4.78 is 0. The number of allylic oxidation sites excluding steroid dienone is 1. The monoisotopic (exact) mass is 343 g/mol. The Kier molecular flexibility index (Phi) is 3.92. The van der Waals surface area contributed by atoms with E-state index in [2.05, 4.69) is 24.8 Å². The highest BCUT2D eigenvalue weighted by Gasteiger charge is 2.59. The van der Waals surface area contributed by atoms with Crippen LogP contribution in [0.2, 0.25) is 0 Å². The maximum atomic E-state index is 10.2. The normalized spacial score (nSPS) is 53.1. The van der Waals surface area contributed by atoms with Crippen molar-refractivity contribution < 1.29 is 5.11 Å². The summed E-state index contributed by atoms with van der Waals surface area (Å²) in [6, 6.07) is 0.868. The molecule has 0 aromatic rings. The Morgan fingerprint density at radius 2 is 1.80 bits per heavy atom. The first kappa shape index (κ1) is 16.8. The summed E-state index contributed by atoms with van der Waals surface area (Å²) in [5.41, 5.74) is 2.58. The van der Waals surface area contributed by atoms with Gasteiger partial charge >= 0.3 is 0 Å². The van der Waals surface area contributed by atoms with Crippen LogP contribution in [0.15, 0.2) is 11.6 Å². The second kappa shape index (κ2) is 5.83. The van der Waals surface area contributed by atoms with Gasteiger partial charge in [0.05, 0.1) is 6.10 Å². The predicted molar refractivity (Wildman–Crippen MR) is 102 cm³/mol. The highest BCUT2D eigenvalue weighted by molar-refractivity contribution is 5.25. The number of fused-ring (bicyclic) bond motifs is 5. The predicted octanol–water partition coefficient (Wildman–Crippen LogP) is 4.77. The van der Waals surface area contributed by atoms with Gasteiger partial charge in [-0.05, 0) is 106 Å². The van der Waals surface area contributed by atoms with E-state index >= 15 is 0 Å². The minimum absolute atomic E-state index is 0.0734. The van der Waals surface area contributed by atoms with Crippen molar-refractivity contribution in [2.75, 3.05) is 13.1 Å². The van der Waals surface area contributed by atoms with E-state index in [0.717, 1.165) is 36.6 Å². The van der Waals surface area contributed by atoms with Crippen LogP contribution in [-0.2, 0) is 0 Å². The Hall–Kier alpha value is -0.340. The molecule has 0 spiro atoms. The first-order valence-electron chi connectivity index (χ1n) is 11.1. The SMILES string of the molecule is C[C@]12CC[C@H]3[C@@H](CC=C4C[C@H](O)CC[C@@]43C)[C@@H]1CC[C@@H]2N1CCCC1. The lowest BCUT2D eigenvalue weighted by molar-refractivity contribution is -0.0566. The largest absolute Gasteiger partial charge is 0.393 e. The Morgan fingerprint density at radius 1 is 1.00 bits per heavy atom. The summed E-state index contributed by atoms with van der Waals surface area (Å²) in [4.78, 5) is 2.86. The number of nitrogens with zero attached hydrogens (tertiary/aromatic N) is 1. The quantitative estimate of drug-likeness (QED) is 0.693. The molecule has 1 aliphatic heterocycles. The van der Waals surface area contributed by atoms with Crippen LogP contribution in [0.25, 0.3) is 0 Å². The average molecular weight is 344 g/mol. The van der Waals surface area contributed by atoms with Crippen molar-refractivity contribution in [1.29, 1.82) is 0 Å². The smallest absolute Gasteiger partial charge is 0.0577 e. The van der Waals surface area contributed by atoms with Gasteiger partial charge in [-0.2, -0.15) is 0 Å². The van der Waals surface area contributed by atoms with Crippen molar-refractivity contribution in [2.45, 2.75) is 90.2 Å². The molecule has 0 unspecified atom stereocenters. The molecule has 0 radical (unpaired) electrons. The molecule has 1 heterocycles. The Morgan fingerprint density at radius 3 is 2.60 bits per heavy atom. The van der Waals surface area contributed by atoms with Crippen LogP contribution in [0, 0.1) is 28.6 Å². The van der Waals surface area contributed by atoms with E-state index in [1.807, 2.05) is 0 Å². The van der Waals surface area contributed by atoms with Crippen molar-refractivity contribution in [1.82, 2.24) is 4.90 Å². The van der Waals surface area contributed by atoms with Crippen molar-refractivity contribution >= 4 is 0 Å². The van der Waals surface area contributed by atoms with E-state index in [-0.39, 0.29) is 6.10 Å². The fourth-order valence-corrected chi connectivity index (χ4v) is 8.27. The summed E-state index contributed by atoms with van der Waals surface area (Å²) in [7, 11) is 0. The molecule has 0 amide bonds. The minimum Gasteiger partial charge on any atom is -0.393 e. The third kappa shape index (κ3) is 2.35. The third-order valence-corrected chi connectivity index (χ3v) is 9.61. The van der Waals surface area contributed by atoms with Crippen LogP contribution >= 0.6 is 0 Å². The number of aliphatic hydroxyl groups is 1. The van der Waals surface area contributed by atoms with Gasteiger partial charge in [0.2, 0.25) is 0 Å². The Balaban J connectivity index is 1.43. The number of rotatable bonds is 1.